The lowest BCUT2D eigenvalue weighted by molar-refractivity contribution is -0.146. The second-order valence-corrected chi connectivity index (χ2v) is 12.4. The van der Waals surface area contributed by atoms with Crippen LogP contribution in [0.3, 0.4) is 0 Å². The Labute approximate surface area is 241 Å². The van der Waals surface area contributed by atoms with E-state index in [0.717, 1.165) is 12.8 Å². The normalized spacial score (nSPS) is 23.9. The Morgan fingerprint density at radius 1 is 1.28 bits per heavy atom. The molecule has 7 nitrogen and oxygen atoms in total. The molecule has 2 bridgehead atoms. The summed E-state index contributed by atoms with van der Waals surface area (Å²) < 4.78 is 24.2. The van der Waals surface area contributed by atoms with Gasteiger partial charge in [-0.3, -0.25) is 4.79 Å². The minimum Gasteiger partial charge on any atom is -0.495 e. The van der Waals surface area contributed by atoms with Crippen molar-refractivity contribution in [2.24, 2.45) is 23.2 Å². The number of rotatable bonds is 6. The number of ether oxygens (including phenoxy) is 4. The highest BCUT2D eigenvalue weighted by Gasteiger charge is 2.51. The lowest BCUT2D eigenvalue weighted by Crippen LogP contribution is -2.35. The van der Waals surface area contributed by atoms with Crippen LogP contribution in [-0.4, -0.2) is 24.2 Å². The molecule has 1 fully saturated rings. The molecular formula is C30H32BrClO7. The van der Waals surface area contributed by atoms with Crippen molar-refractivity contribution in [3.8, 4) is 23.0 Å². The van der Waals surface area contributed by atoms with Crippen molar-refractivity contribution in [2.45, 2.75) is 59.7 Å². The van der Waals surface area contributed by atoms with Gasteiger partial charge in [0.15, 0.2) is 11.5 Å². The number of carbonyl (C=O) groups is 2. The molecule has 2 aromatic carbocycles. The first-order chi connectivity index (χ1) is 18.5. The average molecular weight is 620 g/mol. The van der Waals surface area contributed by atoms with Gasteiger partial charge >= 0.3 is 11.9 Å². The van der Waals surface area contributed by atoms with Gasteiger partial charge in [0.05, 0.1) is 33.7 Å². The largest absolute Gasteiger partial charge is 0.495 e. The third kappa shape index (κ3) is 4.74. The molecule has 2 aliphatic carbocycles. The van der Waals surface area contributed by atoms with Crippen molar-refractivity contribution >= 4 is 39.5 Å². The third-order valence-electron chi connectivity index (χ3n) is 8.11. The van der Waals surface area contributed by atoms with Gasteiger partial charge in [0, 0.05) is 5.56 Å². The first kappa shape index (κ1) is 28.0. The number of aliphatic hydroxyl groups excluding tert-OH is 1. The number of cyclic esters (lactones) is 1. The standard InChI is InChI=1S/C30H32BrClO7/c1-14(2)10-20(33)18-8-9-21-22(25(18)36-5)28(34)37-13-19-24(32)15(3)23(31)27(26(19)38-21)39-29(35)30(4)12-16-6-7-17(30)11-16/h6-9,14,16-17,20,33H,10-13H2,1-5H3/t16?,17?,20-,30-/m0/s1. The Hall–Kier alpha value is -2.55. The minimum atomic E-state index is -0.852. The summed E-state index contributed by atoms with van der Waals surface area (Å²) in [6, 6.07) is 3.25. The molecule has 4 atom stereocenters. The zero-order valence-corrected chi connectivity index (χ0v) is 24.9. The summed E-state index contributed by atoms with van der Waals surface area (Å²) in [6.45, 7) is 7.51. The molecule has 2 unspecified atom stereocenters. The van der Waals surface area contributed by atoms with Crippen molar-refractivity contribution in [1.82, 2.24) is 0 Å². The number of benzene rings is 2. The van der Waals surface area contributed by atoms with E-state index in [-0.39, 0.29) is 53.0 Å². The maximum Gasteiger partial charge on any atom is 0.346 e. The molecule has 0 spiro atoms. The lowest BCUT2D eigenvalue weighted by Gasteiger charge is -2.30. The summed E-state index contributed by atoms with van der Waals surface area (Å²) in [7, 11) is 1.43. The summed E-state index contributed by atoms with van der Waals surface area (Å²) in [6.07, 6.45) is 5.56. The van der Waals surface area contributed by atoms with Crippen LogP contribution in [-0.2, 0) is 16.1 Å². The molecule has 0 radical (unpaired) electrons. The topological polar surface area (TPSA) is 91.3 Å². The number of halogens is 2. The fourth-order valence-corrected chi connectivity index (χ4v) is 6.74. The van der Waals surface area contributed by atoms with Crippen LogP contribution < -0.4 is 14.2 Å². The van der Waals surface area contributed by atoms with Gasteiger partial charge in [-0.2, -0.15) is 0 Å². The zero-order valence-electron chi connectivity index (χ0n) is 22.6. The van der Waals surface area contributed by atoms with E-state index < -0.39 is 17.5 Å². The van der Waals surface area contributed by atoms with Crippen LogP contribution >= 0.6 is 27.5 Å². The molecule has 39 heavy (non-hydrogen) atoms. The molecule has 0 amide bonds. The maximum absolute atomic E-state index is 13.6. The first-order valence-corrected chi connectivity index (χ1v) is 14.3. The molecule has 1 N–H and O–H groups in total. The predicted octanol–water partition coefficient (Wildman–Crippen LogP) is 7.47. The van der Waals surface area contributed by atoms with Gasteiger partial charge in [-0.25, -0.2) is 4.79 Å². The van der Waals surface area contributed by atoms with E-state index >= 15 is 0 Å². The van der Waals surface area contributed by atoms with Gasteiger partial charge < -0.3 is 24.1 Å². The van der Waals surface area contributed by atoms with E-state index in [0.29, 0.717) is 38.5 Å². The summed E-state index contributed by atoms with van der Waals surface area (Å²) in [5.74, 6) is 0.345. The van der Waals surface area contributed by atoms with Crippen molar-refractivity contribution in [3.05, 3.63) is 56.0 Å². The first-order valence-electron chi connectivity index (χ1n) is 13.1. The number of hydrogen-bond donors (Lipinski definition) is 1. The molecule has 1 heterocycles. The van der Waals surface area contributed by atoms with Crippen molar-refractivity contribution in [1.29, 1.82) is 0 Å². The van der Waals surface area contributed by atoms with Gasteiger partial charge in [0.1, 0.15) is 23.7 Å². The van der Waals surface area contributed by atoms with E-state index in [1.54, 1.807) is 19.1 Å². The Balaban J connectivity index is 1.61. The highest BCUT2D eigenvalue weighted by molar-refractivity contribution is 9.10. The smallest absolute Gasteiger partial charge is 0.346 e. The molecule has 0 aromatic heterocycles. The Kier molecular flexibility index (Phi) is 7.50. The van der Waals surface area contributed by atoms with Crippen LogP contribution in [0.5, 0.6) is 23.0 Å². The molecule has 3 aliphatic rings. The lowest BCUT2D eigenvalue weighted by atomic mass is 9.78. The molecular weight excluding hydrogens is 588 g/mol. The monoisotopic (exact) mass is 618 g/mol. The van der Waals surface area contributed by atoms with Crippen molar-refractivity contribution < 1.29 is 33.6 Å². The third-order valence-corrected chi connectivity index (χ3v) is 9.58. The van der Waals surface area contributed by atoms with Gasteiger partial charge in [0.2, 0.25) is 0 Å². The van der Waals surface area contributed by atoms with E-state index in [1.165, 1.54) is 7.11 Å². The second-order valence-electron chi connectivity index (χ2n) is 11.3. The summed E-state index contributed by atoms with van der Waals surface area (Å²) in [5.41, 5.74) is 0.856. The van der Waals surface area contributed by atoms with Crippen LogP contribution in [0.4, 0.5) is 0 Å². The molecule has 1 saturated carbocycles. The number of methoxy groups -OCH3 is 1. The van der Waals surface area contributed by atoms with Gasteiger partial charge in [-0.15, -0.1) is 0 Å². The SMILES string of the molecule is COc1c([C@@H](O)CC(C)C)ccc2c1C(=O)OCc1c(Cl)c(C)c(Br)c(OC(=O)[C@@]3(C)CC4C=CC3C4)c1O2. The van der Waals surface area contributed by atoms with Gasteiger partial charge in [-0.1, -0.05) is 37.6 Å². The number of allylic oxidation sites excluding steroid dienone is 2. The van der Waals surface area contributed by atoms with E-state index in [9.17, 15) is 14.7 Å². The predicted molar refractivity (Wildman–Crippen MR) is 150 cm³/mol. The zero-order chi connectivity index (χ0) is 28.2. The highest BCUT2D eigenvalue weighted by Crippen LogP contribution is 2.55. The van der Waals surface area contributed by atoms with Crippen molar-refractivity contribution in [2.75, 3.05) is 7.11 Å². The fraction of sp³-hybridized carbons (Fsp3) is 0.467. The number of fused-ring (bicyclic) bond motifs is 4. The second kappa shape index (κ2) is 10.5. The highest BCUT2D eigenvalue weighted by atomic mass is 79.9. The molecule has 5 rings (SSSR count). The summed E-state index contributed by atoms with van der Waals surface area (Å²) in [4.78, 5) is 26.9. The Morgan fingerprint density at radius 3 is 2.64 bits per heavy atom. The molecule has 0 saturated heterocycles. The quantitative estimate of drug-likeness (QED) is 0.204. The van der Waals surface area contributed by atoms with Crippen LogP contribution in [0, 0.1) is 30.1 Å². The van der Waals surface area contributed by atoms with E-state index in [4.69, 9.17) is 30.5 Å². The van der Waals surface area contributed by atoms with E-state index in [2.05, 4.69) is 28.1 Å². The van der Waals surface area contributed by atoms with E-state index in [1.807, 2.05) is 20.8 Å². The van der Waals surface area contributed by atoms with Crippen LogP contribution in [0.15, 0.2) is 28.8 Å². The molecule has 1 aliphatic heterocycles. The van der Waals surface area contributed by atoms with Crippen molar-refractivity contribution in [3.63, 3.8) is 0 Å². The number of aliphatic hydroxyl groups is 1. The Morgan fingerprint density at radius 2 is 2.03 bits per heavy atom. The molecule has 208 valence electrons. The Bertz CT molecular complexity index is 1380. The number of esters is 2. The maximum atomic E-state index is 13.6. The molecule has 9 heteroatoms. The minimum absolute atomic E-state index is 0.0405. The van der Waals surface area contributed by atoms with Gasteiger partial charge in [0.25, 0.3) is 0 Å². The number of carbonyl (C=O) groups excluding carboxylic acids is 2. The van der Waals surface area contributed by atoms with Crippen LogP contribution in [0.2, 0.25) is 5.02 Å². The fourth-order valence-electron chi connectivity index (χ4n) is 5.93. The van der Waals surface area contributed by atoms with Crippen LogP contribution in [0.1, 0.15) is 73.2 Å². The van der Waals surface area contributed by atoms with Gasteiger partial charge in [-0.05, 0) is 84.5 Å². The molecule has 2 aromatic rings. The summed E-state index contributed by atoms with van der Waals surface area (Å²) >= 11 is 10.3. The number of hydrogen-bond acceptors (Lipinski definition) is 7. The van der Waals surface area contributed by atoms with Crippen LogP contribution in [0.25, 0.3) is 0 Å². The summed E-state index contributed by atoms with van der Waals surface area (Å²) in [5, 5.41) is 11.2. The average Bonchev–Trinajstić information content (AvgIpc) is 3.48.